The third-order valence-corrected chi connectivity index (χ3v) is 5.70. The highest BCUT2D eigenvalue weighted by molar-refractivity contribution is 5.85. The minimum atomic E-state index is 0. The third kappa shape index (κ3) is 6.98. The highest BCUT2D eigenvalue weighted by Crippen LogP contribution is 2.16. The Morgan fingerprint density at radius 1 is 1.11 bits per heavy atom. The monoisotopic (exact) mass is 395 g/mol. The summed E-state index contributed by atoms with van der Waals surface area (Å²) in [7, 11) is 1.67. The zero-order chi connectivity index (χ0) is 18.2. The predicted molar refractivity (Wildman–Crippen MR) is 112 cm³/mol. The van der Waals surface area contributed by atoms with E-state index in [9.17, 15) is 4.79 Å². The van der Waals surface area contributed by atoms with Crippen LogP contribution >= 0.6 is 12.4 Å². The van der Waals surface area contributed by atoms with Gasteiger partial charge in [-0.05, 0) is 68.9 Å². The highest BCUT2D eigenvalue weighted by Gasteiger charge is 2.22. The van der Waals surface area contributed by atoms with E-state index < -0.39 is 0 Å². The van der Waals surface area contributed by atoms with E-state index in [0.717, 1.165) is 63.8 Å². The molecule has 152 valence electrons. The highest BCUT2D eigenvalue weighted by atomic mass is 35.5. The molecule has 1 amide bonds. The maximum Gasteiger partial charge on any atom is 0.222 e. The molecule has 27 heavy (non-hydrogen) atoms. The van der Waals surface area contributed by atoms with Crippen LogP contribution in [-0.2, 0) is 11.2 Å². The normalized spacial score (nSPS) is 19.2. The predicted octanol–water partition coefficient (Wildman–Crippen LogP) is 2.58. The van der Waals surface area contributed by atoms with Gasteiger partial charge >= 0.3 is 0 Å². The summed E-state index contributed by atoms with van der Waals surface area (Å²) in [5.41, 5.74) is 1.20. The Hall–Kier alpha value is -1.30. The van der Waals surface area contributed by atoms with E-state index in [0.29, 0.717) is 12.3 Å². The molecule has 2 heterocycles. The van der Waals surface area contributed by atoms with Crippen LogP contribution in [0.25, 0.3) is 0 Å². The van der Waals surface area contributed by atoms with Crippen LogP contribution < -0.4 is 10.1 Å². The van der Waals surface area contributed by atoms with Crippen molar-refractivity contribution >= 4 is 18.3 Å². The maximum absolute atomic E-state index is 12.6. The molecule has 0 saturated carbocycles. The Bertz CT molecular complexity index is 561. The quantitative estimate of drug-likeness (QED) is 0.804. The number of methoxy groups -OCH3 is 1. The molecule has 0 atom stereocenters. The number of aryl methyl sites for hydroxylation is 1. The summed E-state index contributed by atoms with van der Waals surface area (Å²) in [6, 6.07) is 8.03. The number of piperidine rings is 1. The van der Waals surface area contributed by atoms with Gasteiger partial charge in [0.05, 0.1) is 7.11 Å². The molecule has 1 aromatic carbocycles. The average Bonchev–Trinajstić information content (AvgIpc) is 2.93. The first kappa shape index (κ1) is 22.0. The van der Waals surface area contributed by atoms with Crippen LogP contribution in [0.3, 0.4) is 0 Å². The number of amides is 1. The van der Waals surface area contributed by atoms with Crippen molar-refractivity contribution in [1.29, 1.82) is 0 Å². The van der Waals surface area contributed by atoms with Crippen molar-refractivity contribution < 1.29 is 9.53 Å². The van der Waals surface area contributed by atoms with Gasteiger partial charge < -0.3 is 19.9 Å². The third-order valence-electron chi connectivity index (χ3n) is 5.70. The number of rotatable bonds is 6. The van der Waals surface area contributed by atoms with Crippen LogP contribution in [0.15, 0.2) is 24.3 Å². The van der Waals surface area contributed by atoms with E-state index in [-0.39, 0.29) is 12.4 Å². The SMILES string of the molecule is COc1ccc(CCC(=O)N2CCCN(CC3CCNCC3)CC2)cc1.Cl. The number of nitrogens with one attached hydrogen (secondary N) is 1. The van der Waals surface area contributed by atoms with Crippen LogP contribution in [0, 0.1) is 5.92 Å². The summed E-state index contributed by atoms with van der Waals surface area (Å²) in [5.74, 6) is 1.99. The number of ether oxygens (including phenoxy) is 1. The molecule has 1 aromatic rings. The molecule has 0 bridgehead atoms. The number of halogens is 1. The van der Waals surface area contributed by atoms with E-state index in [2.05, 4.69) is 27.2 Å². The van der Waals surface area contributed by atoms with Gasteiger partial charge in [-0.1, -0.05) is 12.1 Å². The summed E-state index contributed by atoms with van der Waals surface area (Å²) >= 11 is 0. The van der Waals surface area contributed by atoms with E-state index in [1.165, 1.54) is 24.9 Å². The number of carbonyl (C=O) groups excluding carboxylic acids is 1. The molecule has 2 fully saturated rings. The number of hydrogen-bond donors (Lipinski definition) is 1. The number of nitrogens with zero attached hydrogens (tertiary/aromatic N) is 2. The molecular formula is C21H34ClN3O2. The van der Waals surface area contributed by atoms with Gasteiger partial charge in [-0.2, -0.15) is 0 Å². The van der Waals surface area contributed by atoms with E-state index in [1.807, 2.05) is 12.1 Å². The molecule has 2 aliphatic rings. The van der Waals surface area contributed by atoms with Crippen LogP contribution in [-0.4, -0.2) is 68.6 Å². The van der Waals surface area contributed by atoms with Gasteiger partial charge in [-0.15, -0.1) is 12.4 Å². The second-order valence-electron chi connectivity index (χ2n) is 7.58. The number of carbonyl (C=O) groups is 1. The molecule has 2 saturated heterocycles. The summed E-state index contributed by atoms with van der Waals surface area (Å²) in [6.45, 7) is 7.47. The van der Waals surface area contributed by atoms with Crippen LogP contribution in [0.4, 0.5) is 0 Å². The topological polar surface area (TPSA) is 44.8 Å². The molecule has 5 nitrogen and oxygen atoms in total. The fourth-order valence-corrected chi connectivity index (χ4v) is 4.03. The Labute approximate surface area is 169 Å². The van der Waals surface area contributed by atoms with Gasteiger partial charge in [0.25, 0.3) is 0 Å². The molecule has 1 N–H and O–H groups in total. The molecule has 6 heteroatoms. The largest absolute Gasteiger partial charge is 0.497 e. The maximum atomic E-state index is 12.6. The Kier molecular flexibility index (Phi) is 9.39. The number of hydrogen-bond acceptors (Lipinski definition) is 4. The summed E-state index contributed by atoms with van der Waals surface area (Å²) in [4.78, 5) is 17.3. The van der Waals surface area contributed by atoms with Crippen LogP contribution in [0.1, 0.15) is 31.2 Å². The molecule has 0 aliphatic carbocycles. The minimum absolute atomic E-state index is 0. The van der Waals surface area contributed by atoms with E-state index in [1.54, 1.807) is 7.11 Å². The van der Waals surface area contributed by atoms with Crippen molar-refractivity contribution in [3.63, 3.8) is 0 Å². The number of benzene rings is 1. The lowest BCUT2D eigenvalue weighted by atomic mass is 9.97. The smallest absolute Gasteiger partial charge is 0.222 e. The molecule has 0 aromatic heterocycles. The Morgan fingerprint density at radius 2 is 1.85 bits per heavy atom. The van der Waals surface area contributed by atoms with Gasteiger partial charge in [0.15, 0.2) is 0 Å². The molecule has 0 spiro atoms. The molecule has 0 unspecified atom stereocenters. The zero-order valence-electron chi connectivity index (χ0n) is 16.5. The lowest BCUT2D eigenvalue weighted by Crippen LogP contribution is -2.39. The van der Waals surface area contributed by atoms with Crippen molar-refractivity contribution in [1.82, 2.24) is 15.1 Å². The van der Waals surface area contributed by atoms with Crippen molar-refractivity contribution in [2.75, 3.05) is 52.9 Å². The first-order valence-corrected chi connectivity index (χ1v) is 10.1. The van der Waals surface area contributed by atoms with Crippen molar-refractivity contribution in [3.8, 4) is 5.75 Å². The van der Waals surface area contributed by atoms with E-state index >= 15 is 0 Å². The summed E-state index contributed by atoms with van der Waals surface area (Å²) in [5, 5.41) is 3.44. The van der Waals surface area contributed by atoms with Crippen LogP contribution in [0.5, 0.6) is 5.75 Å². The lowest BCUT2D eigenvalue weighted by Gasteiger charge is -2.29. The second-order valence-corrected chi connectivity index (χ2v) is 7.58. The summed E-state index contributed by atoms with van der Waals surface area (Å²) in [6.07, 6.45) is 5.08. The fourth-order valence-electron chi connectivity index (χ4n) is 4.03. The Balaban J connectivity index is 0.00000261. The zero-order valence-corrected chi connectivity index (χ0v) is 17.3. The van der Waals surface area contributed by atoms with Gasteiger partial charge in [0, 0.05) is 32.6 Å². The van der Waals surface area contributed by atoms with Crippen molar-refractivity contribution in [2.45, 2.75) is 32.1 Å². The molecular weight excluding hydrogens is 362 g/mol. The molecule has 3 rings (SSSR count). The fraction of sp³-hybridized carbons (Fsp3) is 0.667. The molecule has 2 aliphatic heterocycles. The lowest BCUT2D eigenvalue weighted by molar-refractivity contribution is -0.131. The minimum Gasteiger partial charge on any atom is -0.497 e. The second kappa shape index (κ2) is 11.5. The van der Waals surface area contributed by atoms with E-state index in [4.69, 9.17) is 4.74 Å². The average molecular weight is 396 g/mol. The molecule has 0 radical (unpaired) electrons. The first-order chi connectivity index (χ1) is 12.7. The van der Waals surface area contributed by atoms with Gasteiger partial charge in [0.2, 0.25) is 5.91 Å². The van der Waals surface area contributed by atoms with Gasteiger partial charge in [-0.25, -0.2) is 0 Å². The van der Waals surface area contributed by atoms with Gasteiger partial charge in [-0.3, -0.25) is 4.79 Å². The Morgan fingerprint density at radius 3 is 2.56 bits per heavy atom. The van der Waals surface area contributed by atoms with Gasteiger partial charge in [0.1, 0.15) is 5.75 Å². The first-order valence-electron chi connectivity index (χ1n) is 10.1. The van der Waals surface area contributed by atoms with Crippen LogP contribution in [0.2, 0.25) is 0 Å². The summed E-state index contributed by atoms with van der Waals surface area (Å²) < 4.78 is 5.18. The van der Waals surface area contributed by atoms with Crippen molar-refractivity contribution in [3.05, 3.63) is 29.8 Å². The standard InChI is InChI=1S/C21H33N3O2.ClH/c1-26-20-6-3-18(4-7-20)5-8-21(25)24-14-2-13-23(15-16-24)17-19-9-11-22-12-10-19;/h3-4,6-7,19,22H,2,5,8-17H2,1H3;1H. The van der Waals surface area contributed by atoms with Crippen molar-refractivity contribution in [2.24, 2.45) is 5.92 Å².